The average Bonchev–Trinajstić information content (AvgIpc) is 2.66. The number of carboxylic acid groups (broad SMARTS) is 1. The third kappa shape index (κ3) is 6.02. The lowest BCUT2D eigenvalue weighted by Gasteiger charge is -2.10. The number of benzene rings is 2. The van der Waals surface area contributed by atoms with Crippen LogP contribution in [0.2, 0.25) is 0 Å². The number of hydrogen-bond donors (Lipinski definition) is 3. The van der Waals surface area contributed by atoms with E-state index < -0.39 is 29.3 Å². The van der Waals surface area contributed by atoms with E-state index >= 15 is 0 Å². The number of nitro benzene ring substituents is 1. The summed E-state index contributed by atoms with van der Waals surface area (Å²) in [6, 6.07) is 11.8. The van der Waals surface area contributed by atoms with E-state index in [0.29, 0.717) is 0 Å². The summed E-state index contributed by atoms with van der Waals surface area (Å²) in [5.74, 6) is -2.71. The topological polar surface area (TPSA) is 139 Å². The fourth-order valence-electron chi connectivity index (χ4n) is 2.10. The molecule has 0 saturated carbocycles. The van der Waals surface area contributed by atoms with Gasteiger partial charge in [-0.25, -0.2) is 0 Å². The first-order valence-corrected chi connectivity index (χ1v) is 8.58. The van der Waals surface area contributed by atoms with Crippen molar-refractivity contribution in [1.29, 1.82) is 0 Å². The van der Waals surface area contributed by atoms with Crippen molar-refractivity contribution in [3.05, 3.63) is 79.9 Å². The zero-order valence-corrected chi connectivity index (χ0v) is 15.8. The van der Waals surface area contributed by atoms with Crippen molar-refractivity contribution < 1.29 is 24.4 Å². The molecule has 0 aliphatic carbocycles. The maximum absolute atomic E-state index is 12.4. The number of nitro groups is 1. The van der Waals surface area contributed by atoms with Gasteiger partial charge in [-0.15, -0.1) is 0 Å². The smallest absolute Gasteiger partial charge is 0.322 e. The molecule has 0 heterocycles. The van der Waals surface area contributed by atoms with E-state index in [-0.39, 0.29) is 22.5 Å². The van der Waals surface area contributed by atoms with Crippen LogP contribution >= 0.6 is 15.9 Å². The van der Waals surface area contributed by atoms with Gasteiger partial charge in [0, 0.05) is 22.2 Å². The average molecular weight is 448 g/mol. The fourth-order valence-corrected chi connectivity index (χ4v) is 2.36. The number of amides is 2. The summed E-state index contributed by atoms with van der Waals surface area (Å²) in [5, 5.41) is 24.2. The second-order valence-corrected chi connectivity index (χ2v) is 6.36. The monoisotopic (exact) mass is 447 g/mol. The van der Waals surface area contributed by atoms with Gasteiger partial charge in [0.05, 0.1) is 4.92 Å². The molecule has 9 nitrogen and oxygen atoms in total. The maximum atomic E-state index is 12.4. The van der Waals surface area contributed by atoms with Gasteiger partial charge in [0.1, 0.15) is 12.2 Å². The van der Waals surface area contributed by atoms with E-state index in [9.17, 15) is 24.5 Å². The Morgan fingerprint density at radius 1 is 1.14 bits per heavy atom. The summed E-state index contributed by atoms with van der Waals surface area (Å²) in [6.45, 7) is -0.654. The summed E-state index contributed by atoms with van der Waals surface area (Å²) < 4.78 is 0.760. The molecule has 0 atom stereocenters. The Kier molecular flexibility index (Phi) is 6.99. The molecular formula is C18H14BrN3O6. The van der Waals surface area contributed by atoms with Crippen LogP contribution in [-0.4, -0.2) is 34.4 Å². The summed E-state index contributed by atoms with van der Waals surface area (Å²) in [7, 11) is 0. The van der Waals surface area contributed by atoms with Crippen molar-refractivity contribution in [2.45, 2.75) is 0 Å². The molecule has 0 bridgehead atoms. The second-order valence-electron chi connectivity index (χ2n) is 5.45. The standard InChI is InChI=1S/C18H14BrN3O6/c19-13-6-4-12(5-7-13)17(25)21-15(18(26)20-10-16(23)24)9-11-2-1-3-14(8-11)22(27)28/h1-9H,10H2,(H,20,26)(H,21,25)(H,23,24)/b15-9+. The van der Waals surface area contributed by atoms with E-state index in [1.807, 2.05) is 0 Å². The minimum atomic E-state index is -1.26. The largest absolute Gasteiger partial charge is 0.480 e. The summed E-state index contributed by atoms with van der Waals surface area (Å²) in [4.78, 5) is 45.7. The maximum Gasteiger partial charge on any atom is 0.322 e. The Hall–Kier alpha value is -3.53. The molecular weight excluding hydrogens is 434 g/mol. The molecule has 0 aliphatic rings. The molecule has 0 fully saturated rings. The van der Waals surface area contributed by atoms with E-state index in [0.717, 1.165) is 4.47 Å². The Balaban J connectivity index is 2.33. The number of carbonyl (C=O) groups excluding carboxylic acids is 2. The van der Waals surface area contributed by atoms with Gasteiger partial charge in [0.2, 0.25) is 0 Å². The van der Waals surface area contributed by atoms with Gasteiger partial charge < -0.3 is 15.7 Å². The van der Waals surface area contributed by atoms with Gasteiger partial charge in [0.15, 0.2) is 0 Å². The van der Waals surface area contributed by atoms with Crippen LogP contribution in [0.1, 0.15) is 15.9 Å². The van der Waals surface area contributed by atoms with Crippen molar-refractivity contribution in [3.63, 3.8) is 0 Å². The molecule has 2 aromatic rings. The number of aliphatic carboxylic acids is 1. The molecule has 3 N–H and O–H groups in total. The molecule has 0 spiro atoms. The normalized spacial score (nSPS) is 10.8. The molecule has 2 rings (SSSR count). The van der Waals surface area contributed by atoms with Crippen LogP contribution in [-0.2, 0) is 9.59 Å². The number of hydrogen-bond acceptors (Lipinski definition) is 5. The third-order valence-corrected chi connectivity index (χ3v) is 3.92. The zero-order valence-electron chi connectivity index (χ0n) is 14.2. The Morgan fingerprint density at radius 3 is 2.43 bits per heavy atom. The Morgan fingerprint density at radius 2 is 1.82 bits per heavy atom. The van der Waals surface area contributed by atoms with Crippen LogP contribution in [0.4, 0.5) is 5.69 Å². The lowest BCUT2D eigenvalue weighted by atomic mass is 10.1. The highest BCUT2D eigenvalue weighted by Gasteiger charge is 2.16. The molecule has 2 aromatic carbocycles. The summed E-state index contributed by atoms with van der Waals surface area (Å²) in [5.41, 5.74) is 0.0953. The first-order valence-electron chi connectivity index (χ1n) is 7.79. The highest BCUT2D eigenvalue weighted by Crippen LogP contribution is 2.16. The number of carbonyl (C=O) groups is 3. The predicted molar refractivity (Wildman–Crippen MR) is 103 cm³/mol. The fraction of sp³-hybridized carbons (Fsp3) is 0.0556. The van der Waals surface area contributed by atoms with Gasteiger partial charge in [-0.05, 0) is 35.9 Å². The van der Waals surface area contributed by atoms with Gasteiger partial charge in [-0.1, -0.05) is 28.1 Å². The number of nitrogens with one attached hydrogen (secondary N) is 2. The van der Waals surface area contributed by atoms with Crippen molar-refractivity contribution in [2.75, 3.05) is 6.54 Å². The van der Waals surface area contributed by atoms with Gasteiger partial charge in [-0.3, -0.25) is 24.5 Å². The Bertz CT molecular complexity index is 956. The van der Waals surface area contributed by atoms with Crippen molar-refractivity contribution in [1.82, 2.24) is 10.6 Å². The highest BCUT2D eigenvalue weighted by molar-refractivity contribution is 9.10. The number of carboxylic acids is 1. The van der Waals surface area contributed by atoms with Crippen molar-refractivity contribution >= 4 is 45.5 Å². The highest BCUT2D eigenvalue weighted by atomic mass is 79.9. The van der Waals surface area contributed by atoms with E-state index in [1.165, 1.54) is 42.5 Å². The van der Waals surface area contributed by atoms with Crippen molar-refractivity contribution in [2.24, 2.45) is 0 Å². The van der Waals surface area contributed by atoms with Crippen LogP contribution in [0.3, 0.4) is 0 Å². The lowest BCUT2D eigenvalue weighted by Crippen LogP contribution is -2.37. The minimum Gasteiger partial charge on any atom is -0.480 e. The lowest BCUT2D eigenvalue weighted by molar-refractivity contribution is -0.384. The second kappa shape index (κ2) is 9.42. The summed E-state index contributed by atoms with van der Waals surface area (Å²) in [6.07, 6.45) is 1.22. The Labute approximate surface area is 167 Å². The van der Waals surface area contributed by atoms with Crippen molar-refractivity contribution in [3.8, 4) is 0 Å². The molecule has 0 aliphatic heterocycles. The van der Waals surface area contributed by atoms with E-state index in [2.05, 4.69) is 26.6 Å². The first-order chi connectivity index (χ1) is 13.3. The van der Waals surface area contributed by atoms with Gasteiger partial charge >= 0.3 is 5.97 Å². The number of rotatable bonds is 7. The number of halogens is 1. The quantitative estimate of drug-likeness (QED) is 0.338. The van der Waals surface area contributed by atoms with Crippen LogP contribution in [0, 0.1) is 10.1 Å². The molecule has 0 radical (unpaired) electrons. The SMILES string of the molecule is O=C(O)CNC(=O)/C(=C\c1cccc([N+](=O)[O-])c1)NC(=O)c1ccc(Br)cc1. The molecule has 28 heavy (non-hydrogen) atoms. The number of non-ortho nitro benzene ring substituents is 1. The molecule has 2 amide bonds. The van der Waals surface area contributed by atoms with Crippen LogP contribution < -0.4 is 10.6 Å². The van der Waals surface area contributed by atoms with Crippen LogP contribution in [0.5, 0.6) is 0 Å². The van der Waals surface area contributed by atoms with Crippen LogP contribution in [0.15, 0.2) is 58.7 Å². The van der Waals surface area contributed by atoms with E-state index in [4.69, 9.17) is 5.11 Å². The van der Waals surface area contributed by atoms with Gasteiger partial charge in [-0.2, -0.15) is 0 Å². The summed E-state index contributed by atoms with van der Waals surface area (Å²) >= 11 is 3.25. The number of nitrogens with zero attached hydrogens (tertiary/aromatic N) is 1. The zero-order chi connectivity index (χ0) is 20.7. The first kappa shape index (κ1) is 20.8. The third-order valence-electron chi connectivity index (χ3n) is 3.39. The van der Waals surface area contributed by atoms with Crippen LogP contribution in [0.25, 0.3) is 6.08 Å². The molecule has 0 aromatic heterocycles. The molecule has 0 unspecified atom stereocenters. The van der Waals surface area contributed by atoms with Gasteiger partial charge in [0.25, 0.3) is 17.5 Å². The molecule has 0 saturated heterocycles. The molecule has 144 valence electrons. The molecule has 10 heteroatoms. The van der Waals surface area contributed by atoms with E-state index in [1.54, 1.807) is 12.1 Å². The predicted octanol–water partition coefficient (Wildman–Crippen LogP) is 2.33. The minimum absolute atomic E-state index is 0.196.